The van der Waals surface area contributed by atoms with Crippen molar-refractivity contribution in [2.24, 2.45) is 5.92 Å². The van der Waals surface area contributed by atoms with E-state index in [2.05, 4.69) is 31.2 Å². The van der Waals surface area contributed by atoms with Crippen molar-refractivity contribution in [2.45, 2.75) is 52.0 Å². The third-order valence-corrected chi connectivity index (χ3v) is 7.06. The van der Waals surface area contributed by atoms with Gasteiger partial charge in [-0.3, -0.25) is 25.1 Å². The number of rotatable bonds is 12. The van der Waals surface area contributed by atoms with Crippen molar-refractivity contribution in [3.8, 4) is 5.75 Å². The number of ketones is 1. The second kappa shape index (κ2) is 13.9. The van der Waals surface area contributed by atoms with E-state index in [1.165, 1.54) is 17.6 Å². The van der Waals surface area contributed by atoms with Crippen LogP contribution in [0.4, 0.5) is 14.7 Å². The molecule has 0 unspecified atom stereocenters. The molecule has 232 valence electrons. The van der Waals surface area contributed by atoms with Gasteiger partial charge in [0.15, 0.2) is 16.7 Å². The molecule has 1 fully saturated rings. The molecule has 0 saturated carbocycles. The highest BCUT2D eigenvalue weighted by Crippen LogP contribution is 2.22. The highest BCUT2D eigenvalue weighted by molar-refractivity contribution is 7.14. The maximum atomic E-state index is 12.7. The van der Waals surface area contributed by atoms with Gasteiger partial charge in [0.25, 0.3) is 0 Å². The van der Waals surface area contributed by atoms with E-state index in [1.54, 1.807) is 20.8 Å². The second-order valence-corrected chi connectivity index (χ2v) is 11.8. The summed E-state index contributed by atoms with van der Waals surface area (Å²) >= 11 is 1.03. The van der Waals surface area contributed by atoms with Crippen LogP contribution in [-0.4, -0.2) is 57.7 Å². The van der Waals surface area contributed by atoms with E-state index in [1.807, 2.05) is 30.3 Å². The van der Waals surface area contributed by atoms with Crippen molar-refractivity contribution < 1.29 is 28.7 Å². The molecule has 1 aliphatic rings. The first-order valence-electron chi connectivity index (χ1n) is 13.7. The van der Waals surface area contributed by atoms with Gasteiger partial charge in [-0.15, -0.1) is 11.3 Å². The number of aromatic nitrogens is 2. The fourth-order valence-corrected chi connectivity index (χ4v) is 4.77. The zero-order valence-electron chi connectivity index (χ0n) is 24.3. The van der Waals surface area contributed by atoms with E-state index in [0.717, 1.165) is 16.9 Å². The van der Waals surface area contributed by atoms with Crippen molar-refractivity contribution in [3.05, 3.63) is 75.1 Å². The van der Waals surface area contributed by atoms with Crippen LogP contribution in [0.5, 0.6) is 5.75 Å². The fourth-order valence-electron chi connectivity index (χ4n) is 4.08. The van der Waals surface area contributed by atoms with Gasteiger partial charge in [-0.2, -0.15) is 0 Å². The molecule has 0 radical (unpaired) electrons. The normalized spacial score (nSPS) is 15.8. The van der Waals surface area contributed by atoms with Gasteiger partial charge in [-0.25, -0.2) is 14.6 Å². The molecule has 4 rings (SSSR count). The third-order valence-electron chi connectivity index (χ3n) is 6.30. The second-order valence-electron chi connectivity index (χ2n) is 10.9. The maximum absolute atomic E-state index is 12.7. The summed E-state index contributed by atoms with van der Waals surface area (Å²) < 4.78 is 10.7. The Morgan fingerprint density at radius 3 is 2.55 bits per heavy atom. The SMILES string of the molecule is CC(C)(C)OC(=O)Nc1nc(C(=N)C(=O)C[C@@H]2C(=O)N[C@@H]2CNC(=O)NCc2cc(=O)c(OCc3ccccc3)c[nH]2)cs1. The number of amides is 4. The number of ether oxygens (including phenoxy) is 2. The molecular formula is C29H33N7O7S. The van der Waals surface area contributed by atoms with Crippen LogP contribution in [0.25, 0.3) is 0 Å². The average molecular weight is 624 g/mol. The van der Waals surface area contributed by atoms with Crippen LogP contribution in [0, 0.1) is 11.3 Å². The van der Waals surface area contributed by atoms with Crippen LogP contribution in [0.1, 0.15) is 44.1 Å². The number of carbonyl (C=O) groups is 4. The Labute approximate surface area is 256 Å². The van der Waals surface area contributed by atoms with E-state index >= 15 is 0 Å². The summed E-state index contributed by atoms with van der Waals surface area (Å²) in [6.45, 7) is 5.47. The van der Waals surface area contributed by atoms with Gasteiger partial charge in [0, 0.05) is 36.3 Å². The number of thiazole rings is 1. The number of pyridine rings is 1. The topological polar surface area (TPSA) is 204 Å². The van der Waals surface area contributed by atoms with Crippen molar-refractivity contribution in [1.29, 1.82) is 5.41 Å². The third kappa shape index (κ3) is 8.97. The van der Waals surface area contributed by atoms with Crippen LogP contribution in [0.2, 0.25) is 0 Å². The summed E-state index contributed by atoms with van der Waals surface area (Å²) in [6, 6.07) is 9.70. The zero-order valence-corrected chi connectivity index (χ0v) is 25.1. The predicted molar refractivity (Wildman–Crippen MR) is 162 cm³/mol. The van der Waals surface area contributed by atoms with Crippen molar-refractivity contribution in [2.75, 3.05) is 11.9 Å². The largest absolute Gasteiger partial charge is 0.483 e. The van der Waals surface area contributed by atoms with Gasteiger partial charge >= 0.3 is 12.1 Å². The highest BCUT2D eigenvalue weighted by atomic mass is 32.1. The molecule has 0 aliphatic carbocycles. The van der Waals surface area contributed by atoms with Gasteiger partial charge in [-0.1, -0.05) is 30.3 Å². The molecule has 0 bridgehead atoms. The number of H-pyrrole nitrogens is 1. The quantitative estimate of drug-likeness (QED) is 0.130. The molecule has 2 aromatic heterocycles. The number of hydrogen-bond donors (Lipinski definition) is 6. The van der Waals surface area contributed by atoms with Gasteiger partial charge in [0.1, 0.15) is 23.6 Å². The van der Waals surface area contributed by atoms with Crippen LogP contribution < -0.4 is 31.4 Å². The van der Waals surface area contributed by atoms with E-state index in [4.69, 9.17) is 14.9 Å². The minimum Gasteiger partial charge on any atom is -0.483 e. The minimum atomic E-state index is -0.735. The number of aromatic amines is 1. The number of carbonyl (C=O) groups excluding carboxylic acids is 4. The fraction of sp³-hybridized carbons (Fsp3) is 0.345. The molecule has 1 aliphatic heterocycles. The number of anilines is 1. The maximum Gasteiger partial charge on any atom is 0.413 e. The number of nitrogens with one attached hydrogen (secondary N) is 6. The zero-order chi connectivity index (χ0) is 31.9. The van der Waals surface area contributed by atoms with Crippen molar-refractivity contribution in [1.82, 2.24) is 25.9 Å². The summed E-state index contributed by atoms with van der Waals surface area (Å²) in [5, 5.41) is 20.2. The molecule has 4 amide bonds. The number of benzene rings is 1. The first-order chi connectivity index (χ1) is 20.9. The Balaban J connectivity index is 1.20. The lowest BCUT2D eigenvalue weighted by molar-refractivity contribution is -0.137. The molecule has 15 heteroatoms. The van der Waals surface area contributed by atoms with E-state index in [-0.39, 0.29) is 54.0 Å². The van der Waals surface area contributed by atoms with Gasteiger partial charge in [0.2, 0.25) is 11.3 Å². The summed E-state index contributed by atoms with van der Waals surface area (Å²) in [5.74, 6) is -1.55. The Morgan fingerprint density at radius 2 is 1.86 bits per heavy atom. The summed E-state index contributed by atoms with van der Waals surface area (Å²) in [5.41, 5.74) is 0.0162. The molecule has 14 nitrogen and oxygen atoms in total. The van der Waals surface area contributed by atoms with Crippen molar-refractivity contribution in [3.63, 3.8) is 0 Å². The first-order valence-corrected chi connectivity index (χ1v) is 14.5. The van der Waals surface area contributed by atoms with Crippen LogP contribution in [0.15, 0.2) is 52.8 Å². The molecular weight excluding hydrogens is 590 g/mol. The lowest BCUT2D eigenvalue weighted by Gasteiger charge is -2.36. The Morgan fingerprint density at radius 1 is 1.11 bits per heavy atom. The first kappa shape index (κ1) is 31.9. The molecule has 1 aromatic carbocycles. The molecule has 0 spiro atoms. The van der Waals surface area contributed by atoms with Crippen molar-refractivity contribution >= 4 is 46.0 Å². The molecule has 6 N–H and O–H groups in total. The minimum absolute atomic E-state index is 0.0363. The molecule has 44 heavy (non-hydrogen) atoms. The van der Waals surface area contributed by atoms with Gasteiger partial charge in [0.05, 0.1) is 18.5 Å². The molecule has 1 saturated heterocycles. The Bertz CT molecular complexity index is 1600. The predicted octanol–water partition coefficient (Wildman–Crippen LogP) is 2.70. The summed E-state index contributed by atoms with van der Waals surface area (Å²) in [7, 11) is 0. The number of β-lactam (4-membered cyclic amide) rings is 1. The van der Waals surface area contributed by atoms with Crippen LogP contribution >= 0.6 is 11.3 Å². The van der Waals surface area contributed by atoms with E-state index < -0.39 is 41.2 Å². The summed E-state index contributed by atoms with van der Waals surface area (Å²) in [6.07, 6.45) is 0.482. The molecule has 3 aromatic rings. The van der Waals surface area contributed by atoms with E-state index in [0.29, 0.717) is 5.69 Å². The lowest BCUT2D eigenvalue weighted by Crippen LogP contribution is -2.63. The van der Waals surface area contributed by atoms with E-state index in [9.17, 15) is 24.0 Å². The summed E-state index contributed by atoms with van der Waals surface area (Å²) in [4.78, 5) is 68.5. The van der Waals surface area contributed by atoms with Crippen LogP contribution in [0.3, 0.4) is 0 Å². The number of nitrogens with zero attached hydrogens (tertiary/aromatic N) is 1. The van der Waals surface area contributed by atoms with Crippen LogP contribution in [-0.2, 0) is 27.5 Å². The highest BCUT2D eigenvalue weighted by Gasteiger charge is 2.41. The molecule has 2 atom stereocenters. The monoisotopic (exact) mass is 623 g/mol. The number of urea groups is 1. The number of hydrogen-bond acceptors (Lipinski definition) is 10. The number of Topliss-reactive ketones (excluding diaryl/α,β-unsaturated/α-hetero) is 1. The Kier molecular flexibility index (Phi) is 10.1. The standard InChI is InChI=1S/C29H33N7O7S/c1-29(2,3)43-28(41)36-27-35-20(15-44-27)24(30)22(38)10-18-19(34-25(18)39)12-33-26(40)32-11-17-9-21(37)23(13-31-17)42-14-16-7-5-4-6-8-16/h4-9,13,15,18-19,30H,10-12,14H2,1-3H3,(H,31,37)(H,34,39)(H2,32,33,40)(H,35,36,41)/t18-,19+/m0/s1. The van der Waals surface area contributed by atoms with Gasteiger partial charge < -0.3 is 30.4 Å². The lowest BCUT2D eigenvalue weighted by atomic mass is 9.85. The molecule has 3 heterocycles. The Hall–Kier alpha value is -5.05. The average Bonchev–Trinajstić information content (AvgIpc) is 3.43. The smallest absolute Gasteiger partial charge is 0.413 e. The van der Waals surface area contributed by atoms with Gasteiger partial charge in [-0.05, 0) is 26.3 Å².